The van der Waals surface area contributed by atoms with Gasteiger partial charge in [0.1, 0.15) is 0 Å². The minimum atomic E-state index is 0.436. The number of hydrogen-bond acceptors (Lipinski definition) is 4. The first-order valence-corrected chi connectivity index (χ1v) is 6.87. The Morgan fingerprint density at radius 1 is 1.21 bits per heavy atom. The van der Waals surface area contributed by atoms with Gasteiger partial charge in [0.15, 0.2) is 0 Å². The Morgan fingerprint density at radius 3 is 2.84 bits per heavy atom. The van der Waals surface area contributed by atoms with E-state index in [1.165, 1.54) is 5.56 Å². The van der Waals surface area contributed by atoms with Gasteiger partial charge in [-0.3, -0.25) is 4.98 Å². The van der Waals surface area contributed by atoms with Gasteiger partial charge in [-0.05, 0) is 19.4 Å². The van der Waals surface area contributed by atoms with Gasteiger partial charge in [0.25, 0.3) is 0 Å². The Kier molecular flexibility index (Phi) is 4.87. The topological polar surface area (TPSA) is 54.2 Å². The Balaban J connectivity index is 1.81. The molecule has 0 fully saturated rings. The maximum atomic E-state index is 4.30. The fraction of sp³-hybridized carbons (Fsp3) is 0.571. The van der Waals surface area contributed by atoms with Crippen LogP contribution in [0.1, 0.15) is 26.3 Å². The Bertz CT molecular complexity index is 505. The molecule has 5 heteroatoms. The molecule has 0 aliphatic carbocycles. The zero-order valence-corrected chi connectivity index (χ0v) is 11.9. The third kappa shape index (κ3) is 4.01. The molecule has 5 nitrogen and oxygen atoms in total. The van der Waals surface area contributed by atoms with Crippen molar-refractivity contribution < 1.29 is 0 Å². The molecule has 0 saturated heterocycles. The molecule has 2 aromatic heterocycles. The first kappa shape index (κ1) is 14.0. The van der Waals surface area contributed by atoms with Crippen LogP contribution in [0, 0.1) is 5.92 Å². The molecule has 2 N–H and O–H groups in total. The third-order valence-corrected chi connectivity index (χ3v) is 3.05. The van der Waals surface area contributed by atoms with Gasteiger partial charge in [0.05, 0.1) is 17.9 Å². The van der Waals surface area contributed by atoms with E-state index < -0.39 is 0 Å². The SMILES string of the molecule is CC(C)CNCC(C)NCc1cnn2ccncc12. The van der Waals surface area contributed by atoms with Gasteiger partial charge in [-0.15, -0.1) is 0 Å². The predicted octanol–water partition coefficient (Wildman–Crippen LogP) is 1.45. The number of fused-ring (bicyclic) bond motifs is 1. The van der Waals surface area contributed by atoms with E-state index in [9.17, 15) is 0 Å². The van der Waals surface area contributed by atoms with Crippen LogP contribution in [0.4, 0.5) is 0 Å². The molecule has 0 saturated carbocycles. The van der Waals surface area contributed by atoms with Crippen LogP contribution in [0.5, 0.6) is 0 Å². The van der Waals surface area contributed by atoms with Gasteiger partial charge < -0.3 is 10.6 Å². The quantitative estimate of drug-likeness (QED) is 0.792. The Hall–Kier alpha value is -1.46. The molecule has 2 aromatic rings. The van der Waals surface area contributed by atoms with E-state index in [0.717, 1.165) is 25.2 Å². The minimum absolute atomic E-state index is 0.436. The zero-order valence-electron chi connectivity index (χ0n) is 11.9. The van der Waals surface area contributed by atoms with Gasteiger partial charge in [-0.25, -0.2) is 4.52 Å². The fourth-order valence-electron chi connectivity index (χ4n) is 1.96. The molecule has 104 valence electrons. The molecular formula is C14H23N5. The van der Waals surface area contributed by atoms with Crippen molar-refractivity contribution >= 4 is 5.52 Å². The first-order valence-electron chi connectivity index (χ1n) is 6.87. The lowest BCUT2D eigenvalue weighted by Crippen LogP contribution is -2.37. The van der Waals surface area contributed by atoms with Crippen LogP contribution >= 0.6 is 0 Å². The van der Waals surface area contributed by atoms with Crippen LogP contribution in [0.15, 0.2) is 24.8 Å². The van der Waals surface area contributed by atoms with Crippen molar-refractivity contribution in [3.05, 3.63) is 30.4 Å². The van der Waals surface area contributed by atoms with E-state index in [1.807, 2.05) is 23.1 Å². The molecule has 0 aliphatic heterocycles. The monoisotopic (exact) mass is 261 g/mol. The summed E-state index contributed by atoms with van der Waals surface area (Å²) in [6.45, 7) is 9.49. The fourth-order valence-corrected chi connectivity index (χ4v) is 1.96. The summed E-state index contributed by atoms with van der Waals surface area (Å²) < 4.78 is 1.85. The van der Waals surface area contributed by atoms with Crippen molar-refractivity contribution in [1.29, 1.82) is 0 Å². The first-order chi connectivity index (χ1) is 9.16. The van der Waals surface area contributed by atoms with E-state index in [1.54, 1.807) is 6.20 Å². The summed E-state index contributed by atoms with van der Waals surface area (Å²) in [5.41, 5.74) is 2.25. The summed E-state index contributed by atoms with van der Waals surface area (Å²) >= 11 is 0. The van der Waals surface area contributed by atoms with Crippen molar-refractivity contribution in [2.45, 2.75) is 33.4 Å². The predicted molar refractivity (Wildman–Crippen MR) is 77.0 cm³/mol. The minimum Gasteiger partial charge on any atom is -0.315 e. The zero-order chi connectivity index (χ0) is 13.7. The number of nitrogens with zero attached hydrogens (tertiary/aromatic N) is 3. The van der Waals surface area contributed by atoms with Crippen LogP contribution in [0.25, 0.3) is 5.52 Å². The molecule has 0 aliphatic rings. The van der Waals surface area contributed by atoms with E-state index >= 15 is 0 Å². The van der Waals surface area contributed by atoms with Crippen molar-refractivity contribution in [3.63, 3.8) is 0 Å². The lowest BCUT2D eigenvalue weighted by atomic mass is 10.2. The molecule has 1 unspecified atom stereocenters. The molecule has 0 aromatic carbocycles. The smallest absolute Gasteiger partial charge is 0.0889 e. The van der Waals surface area contributed by atoms with Crippen LogP contribution < -0.4 is 10.6 Å². The summed E-state index contributed by atoms with van der Waals surface area (Å²) in [7, 11) is 0. The Morgan fingerprint density at radius 2 is 2.05 bits per heavy atom. The third-order valence-electron chi connectivity index (χ3n) is 3.05. The van der Waals surface area contributed by atoms with Crippen LogP contribution in [0.3, 0.4) is 0 Å². The maximum absolute atomic E-state index is 4.30. The number of hydrogen-bond donors (Lipinski definition) is 2. The number of rotatable bonds is 7. The molecule has 0 radical (unpaired) electrons. The second-order valence-corrected chi connectivity index (χ2v) is 5.41. The highest BCUT2D eigenvalue weighted by atomic mass is 15.2. The molecule has 1 atom stereocenters. The molecule has 0 spiro atoms. The van der Waals surface area contributed by atoms with Crippen LogP contribution in [0.2, 0.25) is 0 Å². The van der Waals surface area contributed by atoms with Crippen LogP contribution in [-0.2, 0) is 6.54 Å². The molecule has 2 rings (SSSR count). The van der Waals surface area contributed by atoms with Crippen molar-refractivity contribution in [1.82, 2.24) is 25.2 Å². The van der Waals surface area contributed by atoms with E-state index in [-0.39, 0.29) is 0 Å². The van der Waals surface area contributed by atoms with Gasteiger partial charge in [0, 0.05) is 37.1 Å². The summed E-state index contributed by atoms with van der Waals surface area (Å²) in [5.74, 6) is 0.692. The molecule has 19 heavy (non-hydrogen) atoms. The summed E-state index contributed by atoms with van der Waals surface area (Å²) in [6.07, 6.45) is 7.37. The van der Waals surface area contributed by atoms with E-state index in [2.05, 4.69) is 41.5 Å². The van der Waals surface area contributed by atoms with Crippen LogP contribution in [-0.4, -0.2) is 33.7 Å². The molecular weight excluding hydrogens is 238 g/mol. The highest BCUT2D eigenvalue weighted by Crippen LogP contribution is 2.08. The van der Waals surface area contributed by atoms with E-state index in [0.29, 0.717) is 12.0 Å². The summed E-state index contributed by atoms with van der Waals surface area (Å²) in [4.78, 5) is 4.14. The second-order valence-electron chi connectivity index (χ2n) is 5.41. The number of nitrogens with one attached hydrogen (secondary N) is 2. The average molecular weight is 261 g/mol. The van der Waals surface area contributed by atoms with Crippen molar-refractivity contribution in [3.8, 4) is 0 Å². The lowest BCUT2D eigenvalue weighted by molar-refractivity contribution is 0.472. The highest BCUT2D eigenvalue weighted by molar-refractivity contribution is 5.51. The standard InChI is InChI=1S/C14H23N5/c1-11(2)6-16-7-12(3)17-8-13-9-18-19-5-4-15-10-14(13)19/h4-5,9-12,16-17H,6-8H2,1-3H3. The van der Waals surface area contributed by atoms with E-state index in [4.69, 9.17) is 0 Å². The largest absolute Gasteiger partial charge is 0.315 e. The molecule has 0 amide bonds. The van der Waals surface area contributed by atoms with Crippen molar-refractivity contribution in [2.24, 2.45) is 5.92 Å². The van der Waals surface area contributed by atoms with Gasteiger partial charge >= 0.3 is 0 Å². The van der Waals surface area contributed by atoms with Crippen molar-refractivity contribution in [2.75, 3.05) is 13.1 Å². The maximum Gasteiger partial charge on any atom is 0.0889 e. The average Bonchev–Trinajstić information content (AvgIpc) is 2.79. The highest BCUT2D eigenvalue weighted by Gasteiger charge is 2.06. The molecule has 2 heterocycles. The number of aromatic nitrogens is 3. The lowest BCUT2D eigenvalue weighted by Gasteiger charge is -2.15. The van der Waals surface area contributed by atoms with Gasteiger partial charge in [0.2, 0.25) is 0 Å². The summed E-state index contributed by atoms with van der Waals surface area (Å²) in [6, 6.07) is 0.436. The van der Waals surface area contributed by atoms with Gasteiger partial charge in [-0.1, -0.05) is 13.8 Å². The summed E-state index contributed by atoms with van der Waals surface area (Å²) in [5, 5.41) is 11.3. The molecule has 0 bridgehead atoms. The normalized spacial score (nSPS) is 13.3. The Labute approximate surface area is 114 Å². The van der Waals surface area contributed by atoms with Gasteiger partial charge in [-0.2, -0.15) is 5.10 Å². The second kappa shape index (κ2) is 6.63.